The topological polar surface area (TPSA) is 73.6 Å². The summed E-state index contributed by atoms with van der Waals surface area (Å²) in [4.78, 5) is 27.6. The molecule has 1 atom stereocenters. The molecule has 162 valence electrons. The average Bonchev–Trinajstić information content (AvgIpc) is 3.14. The molecule has 9 heteroatoms. The largest absolute Gasteiger partial charge is 0.497 e. The van der Waals surface area contributed by atoms with Gasteiger partial charge in [0.2, 0.25) is 11.8 Å². The van der Waals surface area contributed by atoms with Crippen LogP contribution in [0.15, 0.2) is 48.5 Å². The molecular weight excluding hydrogens is 411 g/mol. The number of carbonyl (C=O) groups is 2. The lowest BCUT2D eigenvalue weighted by atomic mass is 10.1. The number of ether oxygens (including phenoxy) is 1. The molecule has 0 spiro atoms. The number of methoxy groups -OCH3 is 1. The summed E-state index contributed by atoms with van der Waals surface area (Å²) in [5.74, 6) is -1.43. The van der Waals surface area contributed by atoms with Crippen LogP contribution in [0.25, 0.3) is 0 Å². The van der Waals surface area contributed by atoms with E-state index in [4.69, 9.17) is 10.00 Å². The number of nitrogens with zero attached hydrogens (tertiary/aromatic N) is 3. The van der Waals surface area contributed by atoms with Crippen LogP contribution in [0.1, 0.15) is 17.5 Å². The number of halogens is 3. The molecule has 2 aromatic carbocycles. The third-order valence-corrected chi connectivity index (χ3v) is 4.98. The van der Waals surface area contributed by atoms with Crippen LogP contribution in [-0.4, -0.2) is 43.1 Å². The first-order valence-electron chi connectivity index (χ1n) is 9.49. The fourth-order valence-electron chi connectivity index (χ4n) is 3.49. The van der Waals surface area contributed by atoms with Crippen LogP contribution in [0, 0.1) is 17.2 Å². The molecule has 0 aliphatic carbocycles. The third-order valence-electron chi connectivity index (χ3n) is 4.98. The van der Waals surface area contributed by atoms with Crippen molar-refractivity contribution in [3.8, 4) is 11.8 Å². The molecule has 0 aromatic heterocycles. The van der Waals surface area contributed by atoms with Gasteiger partial charge in [-0.2, -0.15) is 18.4 Å². The van der Waals surface area contributed by atoms with Gasteiger partial charge in [0.1, 0.15) is 12.3 Å². The minimum Gasteiger partial charge on any atom is -0.497 e. The molecule has 1 aliphatic rings. The lowest BCUT2D eigenvalue weighted by Gasteiger charge is -2.27. The van der Waals surface area contributed by atoms with E-state index in [0.29, 0.717) is 27.5 Å². The summed E-state index contributed by atoms with van der Waals surface area (Å²) in [6.07, 6.45) is -4.75. The zero-order valence-electron chi connectivity index (χ0n) is 16.7. The van der Waals surface area contributed by atoms with Crippen molar-refractivity contribution in [2.45, 2.75) is 19.1 Å². The van der Waals surface area contributed by atoms with Crippen LogP contribution in [-0.2, 0) is 16.1 Å². The molecule has 6 nitrogen and oxygen atoms in total. The number of rotatable bonds is 6. The van der Waals surface area contributed by atoms with E-state index >= 15 is 0 Å². The van der Waals surface area contributed by atoms with Crippen LogP contribution in [0.2, 0.25) is 0 Å². The van der Waals surface area contributed by atoms with E-state index in [2.05, 4.69) is 0 Å². The fraction of sp³-hybridized carbons (Fsp3) is 0.318. The zero-order chi connectivity index (χ0) is 22.6. The zero-order valence-corrected chi connectivity index (χ0v) is 16.7. The maximum absolute atomic E-state index is 13.1. The van der Waals surface area contributed by atoms with E-state index in [1.54, 1.807) is 24.3 Å². The van der Waals surface area contributed by atoms with Gasteiger partial charge in [0.25, 0.3) is 0 Å². The molecule has 1 aliphatic heterocycles. The summed E-state index contributed by atoms with van der Waals surface area (Å²) in [6, 6.07) is 14.6. The molecule has 1 unspecified atom stereocenters. The van der Waals surface area contributed by atoms with Crippen molar-refractivity contribution in [1.29, 1.82) is 5.26 Å². The van der Waals surface area contributed by atoms with Gasteiger partial charge in [-0.15, -0.1) is 0 Å². The first-order chi connectivity index (χ1) is 14.7. The van der Waals surface area contributed by atoms with E-state index in [9.17, 15) is 22.8 Å². The van der Waals surface area contributed by atoms with Crippen LogP contribution in [0.3, 0.4) is 0 Å². The Morgan fingerprint density at radius 1 is 1.26 bits per heavy atom. The maximum atomic E-state index is 13.1. The summed E-state index contributed by atoms with van der Waals surface area (Å²) in [7, 11) is 1.48. The average molecular weight is 431 g/mol. The van der Waals surface area contributed by atoms with Crippen molar-refractivity contribution in [1.82, 2.24) is 4.90 Å². The van der Waals surface area contributed by atoms with Gasteiger partial charge in [-0.05, 0) is 29.8 Å². The SMILES string of the molecule is COc1cccc(N2CC(C(=O)N(Cc3ccc(C#N)cc3)CC(F)(F)F)CC2=O)c1. The summed E-state index contributed by atoms with van der Waals surface area (Å²) in [6.45, 7) is -1.70. The second-order valence-corrected chi connectivity index (χ2v) is 7.23. The Morgan fingerprint density at radius 3 is 2.58 bits per heavy atom. The highest BCUT2D eigenvalue weighted by Gasteiger charge is 2.40. The van der Waals surface area contributed by atoms with Crippen LogP contribution >= 0.6 is 0 Å². The van der Waals surface area contributed by atoms with Crippen molar-refractivity contribution >= 4 is 17.5 Å². The molecule has 3 rings (SSSR count). The Hall–Kier alpha value is -3.54. The monoisotopic (exact) mass is 431 g/mol. The third kappa shape index (κ3) is 5.54. The number of carbonyl (C=O) groups excluding carboxylic acids is 2. The lowest BCUT2D eigenvalue weighted by molar-refractivity contribution is -0.164. The van der Waals surface area contributed by atoms with Crippen molar-refractivity contribution in [3.05, 3.63) is 59.7 Å². The van der Waals surface area contributed by atoms with Crippen LogP contribution < -0.4 is 9.64 Å². The van der Waals surface area contributed by atoms with Gasteiger partial charge < -0.3 is 14.5 Å². The number of anilines is 1. The highest BCUT2D eigenvalue weighted by molar-refractivity contribution is 6.00. The molecule has 0 N–H and O–H groups in total. The Bertz CT molecular complexity index is 1000. The number of benzene rings is 2. The summed E-state index contributed by atoms with van der Waals surface area (Å²) < 4.78 is 44.6. The van der Waals surface area contributed by atoms with Gasteiger partial charge in [0.15, 0.2) is 0 Å². The first-order valence-corrected chi connectivity index (χ1v) is 9.49. The summed E-state index contributed by atoms with van der Waals surface area (Å²) >= 11 is 0. The highest BCUT2D eigenvalue weighted by atomic mass is 19.4. The van der Waals surface area contributed by atoms with Gasteiger partial charge in [-0.25, -0.2) is 0 Å². The number of hydrogen-bond donors (Lipinski definition) is 0. The maximum Gasteiger partial charge on any atom is 0.406 e. The van der Waals surface area contributed by atoms with E-state index in [-0.39, 0.29) is 25.4 Å². The van der Waals surface area contributed by atoms with E-state index in [0.717, 1.165) is 0 Å². The number of alkyl halides is 3. The lowest BCUT2D eigenvalue weighted by Crippen LogP contribution is -2.42. The van der Waals surface area contributed by atoms with Gasteiger partial charge >= 0.3 is 6.18 Å². The van der Waals surface area contributed by atoms with E-state index in [1.807, 2.05) is 6.07 Å². The molecule has 0 bridgehead atoms. The highest BCUT2D eigenvalue weighted by Crippen LogP contribution is 2.30. The van der Waals surface area contributed by atoms with Crippen molar-refractivity contribution in [2.24, 2.45) is 5.92 Å². The standard InChI is InChI=1S/C22H20F3N3O3/c1-31-19-4-2-3-18(10-19)28-13-17(9-20(28)29)21(30)27(14-22(23,24)25)12-16-7-5-15(11-26)6-8-16/h2-8,10,17H,9,12-14H2,1H3. The minimum atomic E-state index is -4.59. The van der Waals surface area contributed by atoms with Crippen LogP contribution in [0.4, 0.5) is 18.9 Å². The number of hydrogen-bond acceptors (Lipinski definition) is 4. The fourth-order valence-corrected chi connectivity index (χ4v) is 3.49. The molecule has 31 heavy (non-hydrogen) atoms. The van der Waals surface area contributed by atoms with E-state index < -0.39 is 24.5 Å². The molecule has 1 saturated heterocycles. The molecule has 2 aromatic rings. The van der Waals surface area contributed by atoms with Crippen molar-refractivity contribution in [2.75, 3.05) is 25.1 Å². The Kier molecular flexibility index (Phi) is 6.49. The smallest absolute Gasteiger partial charge is 0.406 e. The van der Waals surface area contributed by atoms with Gasteiger partial charge in [0.05, 0.1) is 24.7 Å². The molecule has 0 radical (unpaired) electrons. The second kappa shape index (κ2) is 9.08. The van der Waals surface area contributed by atoms with Crippen LogP contribution in [0.5, 0.6) is 5.75 Å². The van der Waals surface area contributed by atoms with Crippen molar-refractivity contribution in [3.63, 3.8) is 0 Å². The molecule has 1 fully saturated rings. The normalized spacial score (nSPS) is 16.2. The van der Waals surface area contributed by atoms with Gasteiger partial charge in [-0.1, -0.05) is 18.2 Å². The minimum absolute atomic E-state index is 0.00738. The quantitative estimate of drug-likeness (QED) is 0.702. The molecule has 1 heterocycles. The predicted octanol–water partition coefficient (Wildman–Crippen LogP) is 3.51. The Labute approximate surface area is 177 Å². The number of amides is 2. The second-order valence-electron chi connectivity index (χ2n) is 7.23. The summed E-state index contributed by atoms with van der Waals surface area (Å²) in [5.41, 5.74) is 1.35. The molecular formula is C22H20F3N3O3. The summed E-state index contributed by atoms with van der Waals surface area (Å²) in [5, 5.41) is 8.86. The van der Waals surface area contributed by atoms with Gasteiger partial charge in [0, 0.05) is 31.3 Å². The predicted molar refractivity (Wildman–Crippen MR) is 106 cm³/mol. The van der Waals surface area contributed by atoms with Gasteiger partial charge in [-0.3, -0.25) is 9.59 Å². The molecule has 2 amide bonds. The molecule has 0 saturated carbocycles. The Morgan fingerprint density at radius 2 is 1.97 bits per heavy atom. The van der Waals surface area contributed by atoms with E-state index in [1.165, 1.54) is 36.3 Å². The first kappa shape index (κ1) is 22.2. The Balaban J connectivity index is 1.78. The van der Waals surface area contributed by atoms with Crippen molar-refractivity contribution < 1.29 is 27.5 Å². The number of nitriles is 1.